The summed E-state index contributed by atoms with van der Waals surface area (Å²) in [4.78, 5) is 30.6. The third-order valence-electron chi connectivity index (χ3n) is 7.64. The van der Waals surface area contributed by atoms with Gasteiger partial charge in [0.1, 0.15) is 18.1 Å². The zero-order valence-electron chi connectivity index (χ0n) is 24.2. The number of rotatable bonds is 10. The molecule has 2 fully saturated rings. The van der Waals surface area contributed by atoms with E-state index in [1.807, 2.05) is 25.1 Å². The summed E-state index contributed by atoms with van der Waals surface area (Å²) in [5.41, 5.74) is 3.28. The van der Waals surface area contributed by atoms with E-state index in [1.165, 1.54) is 12.0 Å². The summed E-state index contributed by atoms with van der Waals surface area (Å²) < 4.78 is 22.3. The fraction of sp³-hybridized carbons (Fsp3) is 0.333. The van der Waals surface area contributed by atoms with E-state index in [2.05, 4.69) is 11.0 Å². The molecule has 0 radical (unpaired) electrons. The van der Waals surface area contributed by atoms with E-state index in [1.54, 1.807) is 49.6 Å². The number of ketones is 1. The van der Waals surface area contributed by atoms with Crippen LogP contribution in [-0.2, 0) is 20.9 Å². The molecule has 0 aromatic heterocycles. The molecule has 5 rings (SSSR count). The number of Topliss-reactive ketones (excluding diaryl/α,β-unsaturated/α-hetero) is 1. The van der Waals surface area contributed by atoms with Crippen molar-refractivity contribution in [2.75, 3.05) is 53.6 Å². The SMILES string of the molecule is COc1ccc(C2C(=C(O)c3ccc(OCc4cccc(C)c4)cc3)C(=O)C(=O)N2CCN2CCOCC2)cc1OC. The first-order valence-electron chi connectivity index (χ1n) is 14.0. The topological polar surface area (TPSA) is 97.8 Å². The minimum absolute atomic E-state index is 0.0302. The van der Waals surface area contributed by atoms with Crippen LogP contribution < -0.4 is 14.2 Å². The minimum atomic E-state index is -0.803. The van der Waals surface area contributed by atoms with Crippen LogP contribution in [0.3, 0.4) is 0 Å². The summed E-state index contributed by atoms with van der Waals surface area (Å²) >= 11 is 0. The molecule has 1 unspecified atom stereocenters. The molecule has 1 amide bonds. The van der Waals surface area contributed by atoms with Crippen molar-refractivity contribution in [2.45, 2.75) is 19.6 Å². The zero-order valence-corrected chi connectivity index (χ0v) is 24.2. The van der Waals surface area contributed by atoms with Crippen LogP contribution in [0.1, 0.15) is 28.3 Å². The van der Waals surface area contributed by atoms with Gasteiger partial charge in [-0.05, 0) is 54.4 Å². The molecule has 0 bridgehead atoms. The highest BCUT2D eigenvalue weighted by Gasteiger charge is 2.46. The molecule has 0 spiro atoms. The number of carbonyl (C=O) groups is 2. The number of ether oxygens (including phenoxy) is 4. The Balaban J connectivity index is 1.45. The van der Waals surface area contributed by atoms with Crippen molar-refractivity contribution in [3.8, 4) is 17.2 Å². The van der Waals surface area contributed by atoms with Gasteiger partial charge in [0.05, 0.1) is 39.0 Å². The molecule has 220 valence electrons. The monoisotopic (exact) mass is 572 g/mol. The van der Waals surface area contributed by atoms with Crippen molar-refractivity contribution in [1.29, 1.82) is 0 Å². The lowest BCUT2D eigenvalue weighted by atomic mass is 9.95. The van der Waals surface area contributed by atoms with Gasteiger partial charge in [-0.3, -0.25) is 14.5 Å². The highest BCUT2D eigenvalue weighted by atomic mass is 16.5. The number of carbonyl (C=O) groups excluding carboxylic acids is 2. The van der Waals surface area contributed by atoms with Gasteiger partial charge in [0.25, 0.3) is 11.7 Å². The first-order valence-corrected chi connectivity index (χ1v) is 14.0. The standard InChI is InChI=1S/C33H36N2O7/c1-22-5-4-6-23(19-22)21-42-26-10-7-24(8-11-26)31(36)29-30(25-9-12-27(39-2)28(20-25)40-3)35(33(38)32(29)37)14-13-34-15-17-41-18-16-34/h4-12,19-20,30,36H,13-18,21H2,1-3H3. The Bertz CT molecular complexity index is 1460. The Morgan fingerprint density at radius 3 is 2.36 bits per heavy atom. The fourth-order valence-electron chi connectivity index (χ4n) is 5.39. The van der Waals surface area contributed by atoms with Crippen LogP contribution in [0.4, 0.5) is 0 Å². The van der Waals surface area contributed by atoms with Gasteiger partial charge in [0, 0.05) is 31.7 Å². The van der Waals surface area contributed by atoms with Gasteiger partial charge in [0.2, 0.25) is 0 Å². The number of likely N-dealkylation sites (tertiary alicyclic amines) is 1. The Hall–Kier alpha value is -4.34. The van der Waals surface area contributed by atoms with Gasteiger partial charge in [-0.15, -0.1) is 0 Å². The predicted octanol–water partition coefficient (Wildman–Crippen LogP) is 4.35. The van der Waals surface area contributed by atoms with E-state index in [9.17, 15) is 14.7 Å². The van der Waals surface area contributed by atoms with Crippen molar-refractivity contribution in [2.24, 2.45) is 0 Å². The van der Waals surface area contributed by atoms with Crippen molar-refractivity contribution < 1.29 is 33.6 Å². The van der Waals surface area contributed by atoms with Gasteiger partial charge in [0.15, 0.2) is 11.5 Å². The maximum absolute atomic E-state index is 13.5. The number of aryl methyl sites for hydroxylation is 1. The van der Waals surface area contributed by atoms with E-state index in [0.29, 0.717) is 61.3 Å². The molecule has 42 heavy (non-hydrogen) atoms. The van der Waals surface area contributed by atoms with Crippen molar-refractivity contribution in [3.63, 3.8) is 0 Å². The molecule has 3 aromatic rings. The molecule has 3 aromatic carbocycles. The third kappa shape index (κ3) is 6.27. The molecular formula is C33H36N2O7. The second-order valence-electron chi connectivity index (χ2n) is 10.4. The minimum Gasteiger partial charge on any atom is -0.507 e. The summed E-state index contributed by atoms with van der Waals surface area (Å²) in [6.45, 7) is 6.08. The Kier molecular flexibility index (Phi) is 9.09. The quantitative estimate of drug-likeness (QED) is 0.218. The van der Waals surface area contributed by atoms with Crippen LogP contribution in [0, 0.1) is 6.92 Å². The van der Waals surface area contributed by atoms with Crippen LogP contribution in [0.2, 0.25) is 0 Å². The summed E-state index contributed by atoms with van der Waals surface area (Å²) in [6, 6.07) is 19.4. The average Bonchev–Trinajstić information content (AvgIpc) is 3.28. The van der Waals surface area contributed by atoms with Gasteiger partial charge in [-0.25, -0.2) is 0 Å². The maximum atomic E-state index is 13.5. The third-order valence-corrected chi connectivity index (χ3v) is 7.64. The molecule has 2 saturated heterocycles. The lowest BCUT2D eigenvalue weighted by Gasteiger charge is -2.31. The summed E-state index contributed by atoms with van der Waals surface area (Å²) in [5.74, 6) is -0.0175. The number of morpholine rings is 1. The van der Waals surface area contributed by atoms with E-state index >= 15 is 0 Å². The molecule has 2 aliphatic heterocycles. The zero-order chi connectivity index (χ0) is 29.6. The van der Waals surface area contributed by atoms with E-state index < -0.39 is 17.7 Å². The predicted molar refractivity (Wildman–Crippen MR) is 158 cm³/mol. The summed E-state index contributed by atoms with van der Waals surface area (Å²) in [5, 5.41) is 11.5. The number of methoxy groups -OCH3 is 2. The molecule has 2 heterocycles. The van der Waals surface area contributed by atoms with Gasteiger partial charge in [-0.1, -0.05) is 35.9 Å². The first kappa shape index (κ1) is 29.2. The molecular weight excluding hydrogens is 536 g/mol. The number of amides is 1. The van der Waals surface area contributed by atoms with Gasteiger partial charge < -0.3 is 29.0 Å². The highest BCUT2D eigenvalue weighted by Crippen LogP contribution is 2.42. The smallest absolute Gasteiger partial charge is 0.295 e. The lowest BCUT2D eigenvalue weighted by Crippen LogP contribution is -2.42. The number of benzene rings is 3. The Morgan fingerprint density at radius 2 is 1.67 bits per heavy atom. The van der Waals surface area contributed by atoms with E-state index in [-0.39, 0.29) is 11.3 Å². The Labute approximate surface area is 245 Å². The molecule has 0 saturated carbocycles. The van der Waals surface area contributed by atoms with E-state index in [0.717, 1.165) is 24.2 Å². The molecule has 9 nitrogen and oxygen atoms in total. The maximum Gasteiger partial charge on any atom is 0.295 e. The number of nitrogens with zero attached hydrogens (tertiary/aromatic N) is 2. The molecule has 1 N–H and O–H groups in total. The number of aliphatic hydroxyl groups excluding tert-OH is 1. The van der Waals surface area contributed by atoms with E-state index in [4.69, 9.17) is 18.9 Å². The normalized spacial score (nSPS) is 18.7. The van der Waals surface area contributed by atoms with Crippen molar-refractivity contribution >= 4 is 17.4 Å². The van der Waals surface area contributed by atoms with Crippen molar-refractivity contribution in [3.05, 3.63) is 94.6 Å². The molecule has 0 aliphatic carbocycles. The van der Waals surface area contributed by atoms with Crippen LogP contribution in [0.25, 0.3) is 5.76 Å². The average molecular weight is 573 g/mol. The van der Waals surface area contributed by atoms with Crippen LogP contribution in [0.5, 0.6) is 17.2 Å². The Morgan fingerprint density at radius 1 is 0.929 bits per heavy atom. The fourth-order valence-corrected chi connectivity index (χ4v) is 5.39. The molecule has 1 atom stereocenters. The second-order valence-corrected chi connectivity index (χ2v) is 10.4. The molecule has 9 heteroatoms. The summed E-state index contributed by atoms with van der Waals surface area (Å²) in [7, 11) is 3.07. The lowest BCUT2D eigenvalue weighted by molar-refractivity contribution is -0.140. The number of hydrogen-bond acceptors (Lipinski definition) is 8. The number of aliphatic hydroxyl groups is 1. The van der Waals surface area contributed by atoms with Gasteiger partial charge in [-0.2, -0.15) is 0 Å². The van der Waals surface area contributed by atoms with Crippen LogP contribution in [-0.4, -0.2) is 80.2 Å². The summed E-state index contributed by atoms with van der Waals surface area (Å²) in [6.07, 6.45) is 0. The van der Waals surface area contributed by atoms with Crippen molar-refractivity contribution in [1.82, 2.24) is 9.80 Å². The highest BCUT2D eigenvalue weighted by molar-refractivity contribution is 6.46. The molecule has 2 aliphatic rings. The first-order chi connectivity index (χ1) is 20.4. The van der Waals surface area contributed by atoms with Gasteiger partial charge >= 0.3 is 0 Å². The second kappa shape index (κ2) is 13.1. The number of hydrogen-bond donors (Lipinski definition) is 1. The largest absolute Gasteiger partial charge is 0.507 e. The van der Waals surface area contributed by atoms with Crippen LogP contribution in [0.15, 0.2) is 72.3 Å². The van der Waals surface area contributed by atoms with Crippen LogP contribution >= 0.6 is 0 Å².